The van der Waals surface area contributed by atoms with Crippen LogP contribution >= 0.6 is 0 Å². The Labute approximate surface area is 310 Å². The minimum atomic E-state index is -1.47. The number of nitrogens with one attached hydrogen (secondary N) is 3. The summed E-state index contributed by atoms with van der Waals surface area (Å²) in [7, 11) is 1.14. The number of nitrogens with zero attached hydrogens (tertiary/aromatic N) is 2. The second-order valence-electron chi connectivity index (χ2n) is 14.0. The number of carbonyl (C=O) groups excluding carboxylic acids is 5. The topological polar surface area (TPSA) is 232 Å². The first-order valence-electron chi connectivity index (χ1n) is 17.6. The summed E-state index contributed by atoms with van der Waals surface area (Å²) >= 11 is 0. The molecule has 0 aliphatic carbocycles. The summed E-state index contributed by atoms with van der Waals surface area (Å²) < 4.78 is 10.5. The molecule has 0 fully saturated rings. The third-order valence-corrected chi connectivity index (χ3v) is 8.67. The van der Waals surface area contributed by atoms with Gasteiger partial charge in [-0.3, -0.25) is 19.3 Å². The molecule has 0 saturated heterocycles. The van der Waals surface area contributed by atoms with E-state index in [1.165, 1.54) is 12.5 Å². The van der Waals surface area contributed by atoms with Gasteiger partial charge in [0.05, 0.1) is 31.7 Å². The number of nitrogen functional groups attached to an aromatic ring is 1. The number of carbonyl (C=O) groups is 5. The van der Waals surface area contributed by atoms with Gasteiger partial charge < -0.3 is 41.7 Å². The lowest BCUT2D eigenvalue weighted by Gasteiger charge is -2.35. The monoisotopic (exact) mass is 735 g/mol. The third kappa shape index (κ3) is 12.7. The highest BCUT2D eigenvalue weighted by Crippen LogP contribution is 2.22. The highest BCUT2D eigenvalue weighted by molar-refractivity contribution is 6.03. The number of nitrogens with two attached hydrogens (primary N) is 2. The molecule has 0 radical (unpaired) electrons. The molecule has 4 amide bonds. The lowest BCUT2D eigenvalue weighted by atomic mass is 9.94. The number of amides is 4. The van der Waals surface area contributed by atoms with Crippen molar-refractivity contribution in [2.45, 2.75) is 103 Å². The van der Waals surface area contributed by atoms with E-state index in [4.69, 9.17) is 20.9 Å². The molecule has 3 aromatic rings. The van der Waals surface area contributed by atoms with Gasteiger partial charge in [-0.05, 0) is 50.3 Å². The second kappa shape index (κ2) is 19.5. The van der Waals surface area contributed by atoms with E-state index in [1.54, 1.807) is 89.2 Å². The number of ether oxygens (including phenoxy) is 2. The first kappa shape index (κ1) is 42.1. The SMILES string of the molecule is CC[C@@H](C)[C@@H](C(=O)OC)N(C(=O)CC(O)[C@@H](N)Cc1ccccc1N)C(=O)[C@H](Cc1c[nH]cn1)NC(=O)[C@H](Cc1ccccc1)NC(=O)OC(C)(C)C. The van der Waals surface area contributed by atoms with Gasteiger partial charge in [0, 0.05) is 30.8 Å². The van der Waals surface area contributed by atoms with Gasteiger partial charge in [0.25, 0.3) is 5.91 Å². The molecule has 8 N–H and O–H groups in total. The highest BCUT2D eigenvalue weighted by Gasteiger charge is 2.43. The van der Waals surface area contributed by atoms with Crippen LogP contribution in [0.4, 0.5) is 10.5 Å². The van der Waals surface area contributed by atoms with Gasteiger partial charge in [-0.25, -0.2) is 14.6 Å². The van der Waals surface area contributed by atoms with E-state index in [9.17, 15) is 29.1 Å². The minimum Gasteiger partial charge on any atom is -0.467 e. The van der Waals surface area contributed by atoms with E-state index in [0.717, 1.165) is 12.0 Å². The Morgan fingerprint density at radius 1 is 0.962 bits per heavy atom. The largest absolute Gasteiger partial charge is 0.467 e. The maximum Gasteiger partial charge on any atom is 0.408 e. The molecule has 3 rings (SSSR count). The van der Waals surface area contributed by atoms with Gasteiger partial charge in [0.15, 0.2) is 0 Å². The number of benzene rings is 2. The summed E-state index contributed by atoms with van der Waals surface area (Å²) in [6.07, 6.45) is 0.293. The molecule has 0 spiro atoms. The van der Waals surface area contributed by atoms with Crippen molar-refractivity contribution in [2.75, 3.05) is 12.8 Å². The van der Waals surface area contributed by atoms with E-state index in [2.05, 4.69) is 20.6 Å². The molecule has 1 heterocycles. The van der Waals surface area contributed by atoms with Crippen LogP contribution in [-0.4, -0.2) is 92.7 Å². The van der Waals surface area contributed by atoms with Gasteiger partial charge in [-0.1, -0.05) is 68.8 Å². The number of para-hydroxylation sites is 1. The van der Waals surface area contributed by atoms with Crippen LogP contribution in [0.25, 0.3) is 0 Å². The molecule has 0 saturated carbocycles. The van der Waals surface area contributed by atoms with E-state index < -0.39 is 78.0 Å². The highest BCUT2D eigenvalue weighted by atomic mass is 16.6. The molecule has 288 valence electrons. The zero-order valence-corrected chi connectivity index (χ0v) is 31.2. The van der Waals surface area contributed by atoms with Crippen molar-refractivity contribution in [3.63, 3.8) is 0 Å². The molecule has 6 atom stereocenters. The number of alkyl carbamates (subject to hydrolysis) is 1. The third-order valence-electron chi connectivity index (χ3n) is 8.67. The lowest BCUT2D eigenvalue weighted by Crippen LogP contribution is -2.61. The van der Waals surface area contributed by atoms with Gasteiger partial charge >= 0.3 is 12.1 Å². The molecular weight excluding hydrogens is 682 g/mol. The summed E-state index contributed by atoms with van der Waals surface area (Å²) in [6, 6.07) is 10.8. The van der Waals surface area contributed by atoms with Crippen molar-refractivity contribution in [1.29, 1.82) is 0 Å². The molecule has 15 nitrogen and oxygen atoms in total. The number of aliphatic hydroxyl groups excluding tert-OH is 1. The number of aromatic amines is 1. The van der Waals surface area contributed by atoms with Gasteiger partial charge in [0.1, 0.15) is 23.7 Å². The minimum absolute atomic E-state index is 0.0333. The normalized spacial score (nSPS) is 14.8. The maximum atomic E-state index is 14.7. The van der Waals surface area contributed by atoms with Gasteiger partial charge in [0.2, 0.25) is 11.8 Å². The van der Waals surface area contributed by atoms with E-state index in [0.29, 0.717) is 28.9 Å². The predicted octanol–water partition coefficient (Wildman–Crippen LogP) is 2.42. The smallest absolute Gasteiger partial charge is 0.408 e. The molecular formula is C38H53N7O8. The summed E-state index contributed by atoms with van der Waals surface area (Å²) in [6.45, 7) is 8.50. The molecule has 1 unspecified atom stereocenters. The Morgan fingerprint density at radius 2 is 1.62 bits per heavy atom. The fourth-order valence-corrected chi connectivity index (χ4v) is 5.65. The zero-order valence-electron chi connectivity index (χ0n) is 31.2. The number of imidazole rings is 1. The van der Waals surface area contributed by atoms with E-state index in [-0.39, 0.29) is 19.3 Å². The fourth-order valence-electron chi connectivity index (χ4n) is 5.65. The van der Waals surface area contributed by atoms with Crippen molar-refractivity contribution in [2.24, 2.45) is 11.7 Å². The van der Waals surface area contributed by atoms with Crippen molar-refractivity contribution < 1.29 is 38.6 Å². The Morgan fingerprint density at radius 3 is 2.21 bits per heavy atom. The number of H-pyrrole nitrogens is 1. The quantitative estimate of drug-likeness (QED) is 0.0871. The van der Waals surface area contributed by atoms with Crippen LogP contribution < -0.4 is 22.1 Å². The van der Waals surface area contributed by atoms with Crippen LogP contribution in [0.3, 0.4) is 0 Å². The van der Waals surface area contributed by atoms with E-state index in [1.807, 2.05) is 0 Å². The van der Waals surface area contributed by atoms with Crippen molar-refractivity contribution in [3.8, 4) is 0 Å². The molecule has 0 aliphatic heterocycles. The van der Waals surface area contributed by atoms with Crippen molar-refractivity contribution >= 4 is 35.5 Å². The van der Waals surface area contributed by atoms with Crippen molar-refractivity contribution in [3.05, 3.63) is 83.9 Å². The molecule has 2 aromatic carbocycles. The van der Waals surface area contributed by atoms with Crippen LogP contribution in [-0.2, 0) is 47.9 Å². The summed E-state index contributed by atoms with van der Waals surface area (Å²) in [5.41, 5.74) is 13.7. The number of aromatic nitrogens is 2. The van der Waals surface area contributed by atoms with Crippen LogP contribution in [0.5, 0.6) is 0 Å². The first-order valence-corrected chi connectivity index (χ1v) is 17.6. The number of hydrogen-bond donors (Lipinski definition) is 6. The van der Waals surface area contributed by atoms with E-state index >= 15 is 0 Å². The standard InChI is InChI=1S/C38H53N7O8/c1-7-23(2)33(36(50)52-6)45(32(47)20-31(46)28(40)18-25-15-11-12-16-27(25)39)35(49)30(19-26-21-41-22-42-26)43-34(48)29(17-24-13-9-8-10-14-24)44-37(51)53-38(3,4)5/h8-16,21-23,28-31,33,46H,7,17-20,39-40H2,1-6H3,(H,41,42)(H,43,48)(H,44,51)/t23-,28+,29+,30+,31?,33+/m1/s1. The van der Waals surface area contributed by atoms with Crippen LogP contribution in [0.1, 0.15) is 64.3 Å². The number of aliphatic hydroxyl groups is 1. The molecule has 15 heteroatoms. The predicted molar refractivity (Wildman–Crippen MR) is 198 cm³/mol. The molecule has 53 heavy (non-hydrogen) atoms. The van der Waals surface area contributed by atoms with Crippen molar-refractivity contribution in [1.82, 2.24) is 25.5 Å². The van der Waals surface area contributed by atoms with Crippen LogP contribution in [0.2, 0.25) is 0 Å². The lowest BCUT2D eigenvalue weighted by molar-refractivity contribution is -0.164. The molecule has 0 aliphatic rings. The Bertz CT molecular complexity index is 1660. The number of esters is 1. The maximum absolute atomic E-state index is 14.7. The van der Waals surface area contributed by atoms with Gasteiger partial charge in [-0.2, -0.15) is 0 Å². The Balaban J connectivity index is 2.01. The number of anilines is 1. The zero-order chi connectivity index (χ0) is 39.3. The Kier molecular flexibility index (Phi) is 15.5. The fraction of sp³-hybridized carbons (Fsp3) is 0.474. The average Bonchev–Trinajstić information content (AvgIpc) is 3.62. The molecule has 0 bridgehead atoms. The summed E-state index contributed by atoms with van der Waals surface area (Å²) in [4.78, 5) is 77.0. The molecule has 1 aromatic heterocycles. The van der Waals surface area contributed by atoms with Crippen LogP contribution in [0, 0.1) is 5.92 Å². The summed E-state index contributed by atoms with van der Waals surface area (Å²) in [5, 5.41) is 16.4. The van der Waals surface area contributed by atoms with Crippen LogP contribution in [0.15, 0.2) is 67.1 Å². The van der Waals surface area contributed by atoms with Gasteiger partial charge in [-0.15, -0.1) is 0 Å². The number of hydrogen-bond acceptors (Lipinski definition) is 11. The number of imide groups is 1. The average molecular weight is 736 g/mol. The second-order valence-corrected chi connectivity index (χ2v) is 14.0. The number of methoxy groups -OCH3 is 1. The Hall–Kier alpha value is -5.28. The summed E-state index contributed by atoms with van der Waals surface area (Å²) in [5.74, 6) is -4.09. The number of rotatable bonds is 17. The first-order chi connectivity index (χ1) is 25.0.